The van der Waals surface area contributed by atoms with Crippen molar-refractivity contribution in [2.45, 2.75) is 245 Å². The Hall–Kier alpha value is -4.45. The number of esters is 3. The van der Waals surface area contributed by atoms with Gasteiger partial charge in [0.25, 0.3) is 0 Å². The van der Waals surface area contributed by atoms with Crippen LogP contribution >= 0.6 is 0 Å². The van der Waals surface area contributed by atoms with Crippen molar-refractivity contribution in [1.29, 1.82) is 0 Å². The summed E-state index contributed by atoms with van der Waals surface area (Å²) in [6.45, 7) is 6.38. The van der Waals surface area contributed by atoms with Crippen molar-refractivity contribution < 1.29 is 28.6 Å². The van der Waals surface area contributed by atoms with E-state index in [0.717, 1.165) is 154 Å². The zero-order chi connectivity index (χ0) is 51.4. The standard InChI is InChI=1S/C65H104O6/c1-4-7-10-13-16-19-21-22-23-24-25-26-27-28-29-30-31-32-33-34-35-36-37-38-39-40-41-42-43-44-45-47-49-52-55-58-64(67)70-61-62(60-69-63(66)57-54-51-48-18-15-12-9-6-3)71-65(68)59-56-53-50-46-20-17-14-11-8-5-2/h7,10-11,14,16,19,22-23,25-26,28-29,31-32,34-35,37-38,40-41,43-44,62H,4-6,8-9,12-13,15,17-18,20-21,24,27,30,33,36,39,42,45-61H2,1-3H3/b10-7-,14-11-,19-16-,23-22-,26-25-,29-28-,32-31-,35-34-,38-37-,41-40-,44-43-. The summed E-state index contributed by atoms with van der Waals surface area (Å²) in [7, 11) is 0. The van der Waals surface area contributed by atoms with Gasteiger partial charge in [0.1, 0.15) is 13.2 Å². The average molecular weight is 982 g/mol. The van der Waals surface area contributed by atoms with Gasteiger partial charge in [-0.3, -0.25) is 14.4 Å². The van der Waals surface area contributed by atoms with Crippen LogP contribution in [-0.4, -0.2) is 37.2 Å². The molecule has 0 aliphatic carbocycles. The molecule has 6 heteroatoms. The average Bonchev–Trinajstić information content (AvgIpc) is 3.37. The van der Waals surface area contributed by atoms with Gasteiger partial charge in [0.05, 0.1) is 0 Å². The van der Waals surface area contributed by atoms with Gasteiger partial charge in [0.2, 0.25) is 0 Å². The lowest BCUT2D eigenvalue weighted by Crippen LogP contribution is -2.30. The van der Waals surface area contributed by atoms with Crippen molar-refractivity contribution in [2.75, 3.05) is 13.2 Å². The van der Waals surface area contributed by atoms with Crippen LogP contribution in [-0.2, 0) is 28.6 Å². The summed E-state index contributed by atoms with van der Waals surface area (Å²) >= 11 is 0. The third-order valence-electron chi connectivity index (χ3n) is 11.6. The van der Waals surface area contributed by atoms with Crippen molar-refractivity contribution in [3.8, 4) is 0 Å². The minimum atomic E-state index is -0.792. The van der Waals surface area contributed by atoms with Crippen LogP contribution in [0, 0.1) is 0 Å². The van der Waals surface area contributed by atoms with E-state index in [2.05, 4.69) is 154 Å². The Morgan fingerprint density at radius 1 is 0.296 bits per heavy atom. The Kier molecular flexibility index (Phi) is 54.5. The van der Waals surface area contributed by atoms with Crippen LogP contribution in [0.25, 0.3) is 0 Å². The van der Waals surface area contributed by atoms with E-state index >= 15 is 0 Å². The molecule has 0 aromatic rings. The molecule has 0 saturated heterocycles. The third kappa shape index (κ3) is 56.3. The number of hydrogen-bond donors (Lipinski definition) is 0. The molecule has 0 bridgehead atoms. The van der Waals surface area contributed by atoms with E-state index in [9.17, 15) is 14.4 Å². The Balaban J connectivity index is 4.17. The van der Waals surface area contributed by atoms with E-state index in [1.54, 1.807) is 0 Å². The SMILES string of the molecule is CC/C=C\C/C=C\C/C=C\C/C=C\C/C=C\C/C=C\C/C=C\C/C=C\C/C=C\C/C=C\CCCCCCC(=O)OCC(COC(=O)CCCCCCCCCC)OC(=O)CCCCCCC/C=C\CCC. The Morgan fingerprint density at radius 3 is 0.930 bits per heavy atom. The number of unbranched alkanes of at least 4 members (excludes halogenated alkanes) is 17. The van der Waals surface area contributed by atoms with Crippen LogP contribution in [0.3, 0.4) is 0 Å². The molecule has 0 N–H and O–H groups in total. The summed E-state index contributed by atoms with van der Waals surface area (Å²) in [6.07, 6.45) is 81.9. The predicted octanol–water partition coefficient (Wildman–Crippen LogP) is 19.4. The topological polar surface area (TPSA) is 78.9 Å². The quantitative estimate of drug-likeness (QED) is 0.0262. The molecule has 0 heterocycles. The molecular weight excluding hydrogens is 877 g/mol. The molecule has 0 aromatic carbocycles. The molecule has 0 spiro atoms. The van der Waals surface area contributed by atoms with Gasteiger partial charge in [-0.25, -0.2) is 0 Å². The maximum atomic E-state index is 12.7. The molecule has 0 radical (unpaired) electrons. The fourth-order valence-corrected chi connectivity index (χ4v) is 7.35. The molecule has 0 aliphatic heterocycles. The van der Waals surface area contributed by atoms with E-state index < -0.39 is 6.10 Å². The number of allylic oxidation sites excluding steroid dienone is 22. The van der Waals surface area contributed by atoms with Crippen LogP contribution < -0.4 is 0 Å². The van der Waals surface area contributed by atoms with Crippen molar-refractivity contribution in [2.24, 2.45) is 0 Å². The van der Waals surface area contributed by atoms with Crippen LogP contribution in [0.1, 0.15) is 239 Å². The molecule has 0 fully saturated rings. The molecule has 6 nitrogen and oxygen atoms in total. The summed E-state index contributed by atoms with van der Waals surface area (Å²) in [5, 5.41) is 0. The summed E-state index contributed by atoms with van der Waals surface area (Å²) in [5.41, 5.74) is 0. The summed E-state index contributed by atoms with van der Waals surface area (Å²) in [4.78, 5) is 37.8. The van der Waals surface area contributed by atoms with Crippen molar-refractivity contribution in [3.63, 3.8) is 0 Å². The van der Waals surface area contributed by atoms with Crippen molar-refractivity contribution in [1.82, 2.24) is 0 Å². The summed E-state index contributed by atoms with van der Waals surface area (Å²) < 4.78 is 16.7. The second-order valence-corrected chi connectivity index (χ2v) is 18.5. The lowest BCUT2D eigenvalue weighted by atomic mass is 10.1. The molecule has 0 rings (SSSR count). The first-order valence-corrected chi connectivity index (χ1v) is 28.7. The van der Waals surface area contributed by atoms with E-state index in [1.807, 2.05) is 0 Å². The highest BCUT2D eigenvalue weighted by molar-refractivity contribution is 5.71. The second-order valence-electron chi connectivity index (χ2n) is 18.5. The minimum absolute atomic E-state index is 0.0914. The van der Waals surface area contributed by atoms with Gasteiger partial charge in [-0.15, -0.1) is 0 Å². The Morgan fingerprint density at radius 2 is 0.577 bits per heavy atom. The van der Waals surface area contributed by atoms with Gasteiger partial charge >= 0.3 is 17.9 Å². The monoisotopic (exact) mass is 981 g/mol. The number of carbonyl (C=O) groups excluding carboxylic acids is 3. The van der Waals surface area contributed by atoms with Crippen LogP contribution in [0.15, 0.2) is 134 Å². The normalized spacial score (nSPS) is 13.1. The maximum absolute atomic E-state index is 12.7. The van der Waals surface area contributed by atoms with E-state index in [1.165, 1.54) is 44.9 Å². The van der Waals surface area contributed by atoms with Gasteiger partial charge in [-0.1, -0.05) is 238 Å². The number of hydrogen-bond acceptors (Lipinski definition) is 6. The molecule has 1 atom stereocenters. The van der Waals surface area contributed by atoms with Gasteiger partial charge in [-0.05, 0) is 116 Å². The molecule has 0 saturated carbocycles. The molecule has 400 valence electrons. The highest BCUT2D eigenvalue weighted by Crippen LogP contribution is 2.13. The van der Waals surface area contributed by atoms with E-state index in [-0.39, 0.29) is 31.1 Å². The molecule has 1 unspecified atom stereocenters. The van der Waals surface area contributed by atoms with Gasteiger partial charge in [0.15, 0.2) is 6.10 Å². The first-order valence-electron chi connectivity index (χ1n) is 28.7. The number of ether oxygens (including phenoxy) is 3. The first-order chi connectivity index (χ1) is 35.0. The summed E-state index contributed by atoms with van der Waals surface area (Å²) in [6, 6.07) is 0. The number of carbonyl (C=O) groups is 3. The lowest BCUT2D eigenvalue weighted by Gasteiger charge is -2.18. The summed E-state index contributed by atoms with van der Waals surface area (Å²) in [5.74, 6) is -0.941. The highest BCUT2D eigenvalue weighted by Gasteiger charge is 2.19. The van der Waals surface area contributed by atoms with Crippen LogP contribution in [0.5, 0.6) is 0 Å². The third-order valence-corrected chi connectivity index (χ3v) is 11.6. The van der Waals surface area contributed by atoms with Crippen LogP contribution in [0.4, 0.5) is 0 Å². The molecule has 0 amide bonds. The van der Waals surface area contributed by atoms with Crippen molar-refractivity contribution in [3.05, 3.63) is 134 Å². The lowest BCUT2D eigenvalue weighted by molar-refractivity contribution is -0.167. The smallest absolute Gasteiger partial charge is 0.306 e. The van der Waals surface area contributed by atoms with E-state index in [0.29, 0.717) is 19.3 Å². The van der Waals surface area contributed by atoms with Gasteiger partial charge in [0, 0.05) is 19.3 Å². The Bertz CT molecular complexity index is 1550. The van der Waals surface area contributed by atoms with Crippen LogP contribution in [0.2, 0.25) is 0 Å². The Labute approximate surface area is 436 Å². The maximum Gasteiger partial charge on any atom is 0.306 e. The predicted molar refractivity (Wildman–Crippen MR) is 306 cm³/mol. The van der Waals surface area contributed by atoms with Gasteiger partial charge < -0.3 is 14.2 Å². The van der Waals surface area contributed by atoms with Crippen molar-refractivity contribution >= 4 is 17.9 Å². The fourth-order valence-electron chi connectivity index (χ4n) is 7.35. The molecular formula is C65H104O6. The molecule has 0 aliphatic rings. The fraction of sp³-hybridized carbons (Fsp3) is 0.615. The number of rotatable bonds is 50. The molecule has 0 aromatic heterocycles. The largest absolute Gasteiger partial charge is 0.462 e. The first kappa shape index (κ1) is 66.6. The minimum Gasteiger partial charge on any atom is -0.462 e. The second kappa shape index (κ2) is 58.1. The highest BCUT2D eigenvalue weighted by atomic mass is 16.6. The van der Waals surface area contributed by atoms with E-state index in [4.69, 9.17) is 14.2 Å². The zero-order valence-electron chi connectivity index (χ0n) is 45.7. The molecule has 71 heavy (non-hydrogen) atoms. The zero-order valence-corrected chi connectivity index (χ0v) is 45.7. The van der Waals surface area contributed by atoms with Gasteiger partial charge in [-0.2, -0.15) is 0 Å².